The number of rotatable bonds is 4. The first-order valence-corrected chi connectivity index (χ1v) is 10.0. The van der Waals surface area contributed by atoms with Crippen LogP contribution in [0.5, 0.6) is 0 Å². The highest BCUT2D eigenvalue weighted by molar-refractivity contribution is 7.12. The molecule has 28 heavy (non-hydrogen) atoms. The van der Waals surface area contributed by atoms with Gasteiger partial charge in [0.2, 0.25) is 0 Å². The highest BCUT2D eigenvalue weighted by atomic mass is 32.1. The van der Waals surface area contributed by atoms with Gasteiger partial charge in [0.15, 0.2) is 5.13 Å². The second-order valence-corrected chi connectivity index (χ2v) is 7.98. The van der Waals surface area contributed by atoms with Crippen molar-refractivity contribution in [3.8, 4) is 5.13 Å². The molecule has 1 N–H and O–H groups in total. The van der Waals surface area contributed by atoms with Crippen LogP contribution in [0.2, 0.25) is 0 Å². The third-order valence-corrected chi connectivity index (χ3v) is 6.18. The quantitative estimate of drug-likeness (QED) is 0.734. The number of carbonyl (C=O) groups excluding carboxylic acids is 1. The molecule has 1 amide bonds. The maximum absolute atomic E-state index is 13.3. The monoisotopic (exact) mass is 395 g/mol. The predicted octanol–water partition coefficient (Wildman–Crippen LogP) is 3.49. The second-order valence-electron chi connectivity index (χ2n) is 7.11. The van der Waals surface area contributed by atoms with E-state index in [1.807, 2.05) is 60.2 Å². The van der Waals surface area contributed by atoms with E-state index in [1.165, 1.54) is 11.3 Å². The Kier molecular flexibility index (Phi) is 4.77. The molecule has 1 saturated heterocycles. The Hall–Kier alpha value is -2.93. The van der Waals surface area contributed by atoms with Crippen molar-refractivity contribution in [2.24, 2.45) is 5.92 Å². The predicted molar refractivity (Wildman–Crippen MR) is 107 cm³/mol. The Balaban J connectivity index is 1.64. The summed E-state index contributed by atoms with van der Waals surface area (Å²) in [5.74, 6) is -1.79. The van der Waals surface area contributed by atoms with Crippen LogP contribution in [0.3, 0.4) is 0 Å². The number of aromatic nitrogens is 2. The third-order valence-electron chi connectivity index (χ3n) is 5.42. The Morgan fingerprint density at radius 3 is 2.57 bits per heavy atom. The molecule has 0 spiro atoms. The Morgan fingerprint density at radius 1 is 1.18 bits per heavy atom. The Morgan fingerprint density at radius 2 is 1.93 bits per heavy atom. The highest BCUT2D eigenvalue weighted by Gasteiger charge is 2.41. The summed E-state index contributed by atoms with van der Waals surface area (Å²) in [5, 5.41) is 12.4. The molecule has 4 rings (SSSR count). The molecule has 2 aromatic heterocycles. The molecule has 144 valence electrons. The Labute approximate surface area is 167 Å². The topological polar surface area (TPSA) is 75.4 Å². The van der Waals surface area contributed by atoms with Crippen molar-refractivity contribution in [3.05, 3.63) is 70.5 Å². The molecule has 3 heterocycles. The number of amides is 1. The van der Waals surface area contributed by atoms with E-state index in [0.29, 0.717) is 12.1 Å². The number of hydrogen-bond acceptors (Lipinski definition) is 4. The van der Waals surface area contributed by atoms with Gasteiger partial charge in [-0.2, -0.15) is 0 Å². The number of benzene rings is 1. The van der Waals surface area contributed by atoms with E-state index in [1.54, 1.807) is 11.1 Å². The van der Waals surface area contributed by atoms with E-state index in [0.717, 1.165) is 22.1 Å². The number of nitrogens with zero attached hydrogens (tertiary/aromatic N) is 3. The molecule has 1 fully saturated rings. The third kappa shape index (κ3) is 3.11. The molecule has 0 aliphatic carbocycles. The Bertz CT molecular complexity index is 1010. The first kappa shape index (κ1) is 18.4. The fraction of sp³-hybridized carbons (Fsp3) is 0.286. The zero-order valence-corrected chi connectivity index (χ0v) is 16.5. The van der Waals surface area contributed by atoms with Crippen LogP contribution < -0.4 is 0 Å². The molecule has 6 nitrogen and oxygen atoms in total. The van der Waals surface area contributed by atoms with Crippen molar-refractivity contribution in [1.82, 2.24) is 14.5 Å². The number of carboxylic acids is 1. The van der Waals surface area contributed by atoms with E-state index in [9.17, 15) is 14.7 Å². The molecule has 0 saturated carbocycles. The number of hydrogen-bond donors (Lipinski definition) is 1. The van der Waals surface area contributed by atoms with Gasteiger partial charge in [-0.1, -0.05) is 30.3 Å². The molecule has 3 aromatic rings. The fourth-order valence-electron chi connectivity index (χ4n) is 4.03. The van der Waals surface area contributed by atoms with Gasteiger partial charge < -0.3 is 10.0 Å². The summed E-state index contributed by atoms with van der Waals surface area (Å²) >= 11 is 1.51. The average molecular weight is 395 g/mol. The van der Waals surface area contributed by atoms with Crippen LogP contribution in [0.25, 0.3) is 5.13 Å². The van der Waals surface area contributed by atoms with E-state index in [-0.39, 0.29) is 18.4 Å². The first-order chi connectivity index (χ1) is 13.5. The normalized spacial score (nSPS) is 19.1. The van der Waals surface area contributed by atoms with Crippen molar-refractivity contribution in [2.45, 2.75) is 19.8 Å². The van der Waals surface area contributed by atoms with Crippen LogP contribution in [-0.2, 0) is 4.79 Å². The van der Waals surface area contributed by atoms with Gasteiger partial charge in [-0.05, 0) is 25.5 Å². The summed E-state index contributed by atoms with van der Waals surface area (Å²) < 4.78 is 1.97. The molecule has 2 unspecified atom stereocenters. The van der Waals surface area contributed by atoms with Gasteiger partial charge >= 0.3 is 5.97 Å². The fourth-order valence-corrected chi connectivity index (χ4v) is 4.78. The van der Waals surface area contributed by atoms with E-state index < -0.39 is 11.9 Å². The molecule has 7 heteroatoms. The number of carboxylic acid groups (broad SMARTS) is 1. The standard InChI is InChI=1S/C21H21N3O3S/c1-13-10-16(14(2)24(13)21-22-8-9-28-21)19(25)23-11-17(18(12-23)20(26)27)15-6-4-3-5-7-15/h3-10,17-18H,11-12H2,1-2H3,(H,26,27). The number of carbonyl (C=O) groups is 2. The van der Waals surface area contributed by atoms with Crippen LogP contribution in [0.15, 0.2) is 48.0 Å². The lowest BCUT2D eigenvalue weighted by molar-refractivity contribution is -0.141. The summed E-state index contributed by atoms with van der Waals surface area (Å²) in [6.45, 7) is 4.47. The lowest BCUT2D eigenvalue weighted by Crippen LogP contribution is -2.30. The minimum Gasteiger partial charge on any atom is -0.481 e. The summed E-state index contributed by atoms with van der Waals surface area (Å²) in [6.07, 6.45) is 1.74. The maximum Gasteiger partial charge on any atom is 0.308 e. The molecule has 1 aliphatic rings. The van der Waals surface area contributed by atoms with E-state index >= 15 is 0 Å². The zero-order chi connectivity index (χ0) is 19.8. The molecule has 0 radical (unpaired) electrons. The van der Waals surface area contributed by atoms with Gasteiger partial charge in [-0.3, -0.25) is 14.2 Å². The SMILES string of the molecule is Cc1cc(C(=O)N2CC(C(=O)O)C(c3ccccc3)C2)c(C)n1-c1nccs1. The molecular formula is C21H21N3O3S. The lowest BCUT2D eigenvalue weighted by Gasteiger charge is -2.17. The van der Waals surface area contributed by atoms with Crippen LogP contribution in [-0.4, -0.2) is 44.5 Å². The van der Waals surface area contributed by atoms with Gasteiger partial charge in [0.25, 0.3) is 5.91 Å². The van der Waals surface area contributed by atoms with Gasteiger partial charge in [0, 0.05) is 42.0 Å². The molecule has 1 aromatic carbocycles. The van der Waals surface area contributed by atoms with Crippen LogP contribution in [0.4, 0.5) is 0 Å². The largest absolute Gasteiger partial charge is 0.481 e. The number of aliphatic carboxylic acids is 1. The van der Waals surface area contributed by atoms with E-state index in [2.05, 4.69) is 4.98 Å². The second kappa shape index (κ2) is 7.24. The summed E-state index contributed by atoms with van der Waals surface area (Å²) in [4.78, 5) is 31.1. The van der Waals surface area contributed by atoms with Crippen molar-refractivity contribution >= 4 is 23.2 Å². The smallest absolute Gasteiger partial charge is 0.308 e. The van der Waals surface area contributed by atoms with Crippen molar-refractivity contribution in [2.75, 3.05) is 13.1 Å². The molecular weight excluding hydrogens is 374 g/mol. The van der Waals surface area contributed by atoms with Gasteiger partial charge in [0.1, 0.15) is 0 Å². The number of aryl methyl sites for hydroxylation is 1. The first-order valence-electron chi connectivity index (χ1n) is 9.13. The molecule has 1 aliphatic heterocycles. The minimum absolute atomic E-state index is 0.124. The average Bonchev–Trinajstić information content (AvgIpc) is 3.41. The summed E-state index contributed by atoms with van der Waals surface area (Å²) in [7, 11) is 0. The zero-order valence-electron chi connectivity index (χ0n) is 15.7. The highest BCUT2D eigenvalue weighted by Crippen LogP contribution is 2.34. The van der Waals surface area contributed by atoms with Gasteiger partial charge in [-0.15, -0.1) is 11.3 Å². The molecule has 0 bridgehead atoms. The van der Waals surface area contributed by atoms with Gasteiger partial charge in [0.05, 0.1) is 11.5 Å². The minimum atomic E-state index is -0.864. The van der Waals surface area contributed by atoms with E-state index in [4.69, 9.17) is 0 Å². The van der Waals surface area contributed by atoms with Crippen molar-refractivity contribution < 1.29 is 14.7 Å². The summed E-state index contributed by atoms with van der Waals surface area (Å²) in [5.41, 5.74) is 3.32. The van der Waals surface area contributed by atoms with Crippen LogP contribution >= 0.6 is 11.3 Å². The number of likely N-dealkylation sites (tertiary alicyclic amines) is 1. The lowest BCUT2D eigenvalue weighted by atomic mass is 9.89. The van der Waals surface area contributed by atoms with Crippen molar-refractivity contribution in [1.29, 1.82) is 0 Å². The number of thiazole rings is 1. The van der Waals surface area contributed by atoms with Crippen LogP contribution in [0.1, 0.15) is 33.2 Å². The van der Waals surface area contributed by atoms with Gasteiger partial charge in [-0.25, -0.2) is 4.98 Å². The molecule has 2 atom stereocenters. The van der Waals surface area contributed by atoms with Crippen LogP contribution in [0, 0.1) is 19.8 Å². The summed E-state index contributed by atoms with van der Waals surface area (Å²) in [6, 6.07) is 11.4. The van der Waals surface area contributed by atoms with Crippen molar-refractivity contribution in [3.63, 3.8) is 0 Å². The maximum atomic E-state index is 13.3.